The molecule has 0 aromatic heterocycles. The van der Waals surface area contributed by atoms with Gasteiger partial charge in [0.15, 0.2) is 0 Å². The predicted octanol–water partition coefficient (Wildman–Crippen LogP) is 2.47. The molecule has 0 spiro atoms. The highest BCUT2D eigenvalue weighted by Gasteiger charge is 2.17. The molecular weight excluding hydrogens is 180 g/mol. The fourth-order valence-corrected chi connectivity index (χ4v) is 2.51. The van der Waals surface area contributed by atoms with Gasteiger partial charge < -0.3 is 0 Å². The van der Waals surface area contributed by atoms with Crippen LogP contribution in [0.15, 0.2) is 23.1 Å². The molecule has 0 N–H and O–H groups in total. The fourth-order valence-electron chi connectivity index (χ4n) is 1.82. The molecule has 2 rings (SSSR count). The lowest BCUT2D eigenvalue weighted by Gasteiger charge is -2.17. The number of ketones is 1. The Morgan fingerprint density at radius 1 is 1.31 bits per heavy atom. The van der Waals surface area contributed by atoms with E-state index in [1.807, 2.05) is 6.07 Å². The fraction of sp³-hybridized carbons (Fsp3) is 0.364. The van der Waals surface area contributed by atoms with Crippen LogP contribution in [0.2, 0.25) is 0 Å². The van der Waals surface area contributed by atoms with Crippen LogP contribution < -0.4 is 0 Å². The van der Waals surface area contributed by atoms with Gasteiger partial charge in [0.25, 0.3) is 0 Å². The molecule has 68 valence electrons. The standard InChI is InChI=1S/C11H12OS/c1-13-11-4-2-3-8-7-9(12)5-6-10(8)11/h2-4H,5-7H2,1H3. The molecule has 1 aromatic carbocycles. The number of fused-ring (bicyclic) bond motifs is 1. The average Bonchev–Trinajstić information content (AvgIpc) is 2.16. The number of benzene rings is 1. The molecule has 0 heterocycles. The smallest absolute Gasteiger partial charge is 0.137 e. The largest absolute Gasteiger partial charge is 0.299 e. The Bertz CT molecular complexity index is 344. The number of carbonyl (C=O) groups is 1. The van der Waals surface area contributed by atoms with Crippen LogP contribution in [0, 0.1) is 0 Å². The van der Waals surface area contributed by atoms with Crippen molar-refractivity contribution >= 4 is 17.5 Å². The molecule has 0 fully saturated rings. The first kappa shape index (κ1) is 8.82. The maximum Gasteiger partial charge on any atom is 0.137 e. The van der Waals surface area contributed by atoms with E-state index in [1.54, 1.807) is 11.8 Å². The summed E-state index contributed by atoms with van der Waals surface area (Å²) in [5, 5.41) is 0. The Kier molecular flexibility index (Phi) is 2.40. The van der Waals surface area contributed by atoms with Crippen molar-refractivity contribution in [3.8, 4) is 0 Å². The summed E-state index contributed by atoms with van der Waals surface area (Å²) in [7, 11) is 0. The van der Waals surface area contributed by atoms with Gasteiger partial charge in [-0.2, -0.15) is 0 Å². The summed E-state index contributed by atoms with van der Waals surface area (Å²) in [6, 6.07) is 6.26. The summed E-state index contributed by atoms with van der Waals surface area (Å²) in [6.07, 6.45) is 4.39. The van der Waals surface area contributed by atoms with Gasteiger partial charge in [0.2, 0.25) is 0 Å². The van der Waals surface area contributed by atoms with Crippen LogP contribution in [-0.2, 0) is 17.6 Å². The number of rotatable bonds is 1. The van der Waals surface area contributed by atoms with Gasteiger partial charge in [-0.05, 0) is 29.9 Å². The molecule has 0 saturated heterocycles. The number of carbonyl (C=O) groups excluding carboxylic acids is 1. The Hall–Kier alpha value is -0.760. The summed E-state index contributed by atoms with van der Waals surface area (Å²) in [6.45, 7) is 0. The summed E-state index contributed by atoms with van der Waals surface area (Å²) in [5.74, 6) is 0.380. The van der Waals surface area contributed by atoms with Crippen LogP contribution in [0.25, 0.3) is 0 Å². The topological polar surface area (TPSA) is 17.1 Å². The van der Waals surface area contributed by atoms with E-state index in [2.05, 4.69) is 18.4 Å². The van der Waals surface area contributed by atoms with Crippen LogP contribution in [0.4, 0.5) is 0 Å². The maximum absolute atomic E-state index is 11.2. The van der Waals surface area contributed by atoms with Crippen molar-refractivity contribution in [1.29, 1.82) is 0 Å². The van der Waals surface area contributed by atoms with E-state index in [0.717, 1.165) is 12.8 Å². The van der Waals surface area contributed by atoms with E-state index in [0.29, 0.717) is 12.2 Å². The lowest BCUT2D eigenvalue weighted by atomic mass is 9.91. The molecule has 0 bridgehead atoms. The third-order valence-corrected chi connectivity index (χ3v) is 3.31. The van der Waals surface area contributed by atoms with Gasteiger partial charge in [-0.1, -0.05) is 12.1 Å². The normalized spacial score (nSPS) is 15.6. The van der Waals surface area contributed by atoms with Crippen molar-refractivity contribution in [3.63, 3.8) is 0 Å². The molecule has 2 heteroatoms. The lowest BCUT2D eigenvalue weighted by molar-refractivity contribution is -0.118. The van der Waals surface area contributed by atoms with Crippen molar-refractivity contribution in [2.75, 3.05) is 6.26 Å². The van der Waals surface area contributed by atoms with Gasteiger partial charge >= 0.3 is 0 Å². The van der Waals surface area contributed by atoms with E-state index < -0.39 is 0 Å². The van der Waals surface area contributed by atoms with Crippen LogP contribution in [0.5, 0.6) is 0 Å². The molecule has 0 unspecified atom stereocenters. The average molecular weight is 192 g/mol. The second-order valence-electron chi connectivity index (χ2n) is 3.31. The molecule has 1 aliphatic carbocycles. The van der Waals surface area contributed by atoms with Crippen molar-refractivity contribution in [3.05, 3.63) is 29.3 Å². The van der Waals surface area contributed by atoms with E-state index in [1.165, 1.54) is 16.0 Å². The molecule has 1 aromatic rings. The Balaban J connectivity index is 2.45. The molecule has 0 atom stereocenters. The van der Waals surface area contributed by atoms with Crippen molar-refractivity contribution in [2.24, 2.45) is 0 Å². The Morgan fingerprint density at radius 2 is 2.15 bits per heavy atom. The second-order valence-corrected chi connectivity index (χ2v) is 4.16. The maximum atomic E-state index is 11.2. The molecule has 1 aliphatic rings. The minimum atomic E-state index is 0.380. The van der Waals surface area contributed by atoms with Gasteiger partial charge in [-0.3, -0.25) is 4.79 Å². The molecule has 0 amide bonds. The number of hydrogen-bond acceptors (Lipinski definition) is 2. The predicted molar refractivity (Wildman–Crippen MR) is 55.3 cm³/mol. The second kappa shape index (κ2) is 3.54. The van der Waals surface area contributed by atoms with Gasteiger partial charge in [0.1, 0.15) is 5.78 Å². The van der Waals surface area contributed by atoms with Gasteiger partial charge in [-0.15, -0.1) is 11.8 Å². The highest BCUT2D eigenvalue weighted by molar-refractivity contribution is 7.98. The SMILES string of the molecule is CSc1cccc2c1CCC(=O)C2. The first-order valence-electron chi connectivity index (χ1n) is 4.47. The summed E-state index contributed by atoms with van der Waals surface area (Å²) in [5.41, 5.74) is 2.64. The Labute approximate surface area is 82.5 Å². The zero-order valence-corrected chi connectivity index (χ0v) is 8.49. The zero-order chi connectivity index (χ0) is 9.26. The number of thioether (sulfide) groups is 1. The lowest BCUT2D eigenvalue weighted by Crippen LogP contribution is -2.13. The first-order valence-corrected chi connectivity index (χ1v) is 5.70. The summed E-state index contributed by atoms with van der Waals surface area (Å²) < 4.78 is 0. The third kappa shape index (κ3) is 1.63. The van der Waals surface area contributed by atoms with E-state index in [9.17, 15) is 4.79 Å². The van der Waals surface area contributed by atoms with E-state index in [-0.39, 0.29) is 0 Å². The third-order valence-electron chi connectivity index (χ3n) is 2.49. The van der Waals surface area contributed by atoms with Gasteiger partial charge in [0.05, 0.1) is 0 Å². The Morgan fingerprint density at radius 3 is 2.92 bits per heavy atom. The summed E-state index contributed by atoms with van der Waals surface area (Å²) in [4.78, 5) is 12.6. The molecule has 0 saturated carbocycles. The van der Waals surface area contributed by atoms with Gasteiger partial charge in [0, 0.05) is 17.7 Å². The zero-order valence-electron chi connectivity index (χ0n) is 7.67. The van der Waals surface area contributed by atoms with Gasteiger partial charge in [-0.25, -0.2) is 0 Å². The van der Waals surface area contributed by atoms with E-state index >= 15 is 0 Å². The quantitative estimate of drug-likeness (QED) is 0.636. The van der Waals surface area contributed by atoms with Crippen LogP contribution >= 0.6 is 11.8 Å². The molecule has 0 aliphatic heterocycles. The van der Waals surface area contributed by atoms with Crippen LogP contribution in [0.3, 0.4) is 0 Å². The van der Waals surface area contributed by atoms with Crippen LogP contribution in [0.1, 0.15) is 17.5 Å². The van der Waals surface area contributed by atoms with Crippen molar-refractivity contribution in [2.45, 2.75) is 24.2 Å². The molecule has 0 radical (unpaired) electrons. The molecule has 13 heavy (non-hydrogen) atoms. The van der Waals surface area contributed by atoms with E-state index in [4.69, 9.17) is 0 Å². The molecule has 1 nitrogen and oxygen atoms in total. The highest BCUT2D eigenvalue weighted by Crippen LogP contribution is 2.28. The highest BCUT2D eigenvalue weighted by atomic mass is 32.2. The summed E-state index contributed by atoms with van der Waals surface area (Å²) >= 11 is 1.77. The molecular formula is C11H12OS. The minimum Gasteiger partial charge on any atom is -0.299 e. The minimum absolute atomic E-state index is 0.380. The monoisotopic (exact) mass is 192 g/mol. The number of hydrogen-bond donors (Lipinski definition) is 0. The van der Waals surface area contributed by atoms with Crippen LogP contribution in [-0.4, -0.2) is 12.0 Å². The van der Waals surface area contributed by atoms with Crippen molar-refractivity contribution in [1.82, 2.24) is 0 Å². The number of Topliss-reactive ketones (excluding diaryl/α,β-unsaturated/α-hetero) is 1. The van der Waals surface area contributed by atoms with Crippen molar-refractivity contribution < 1.29 is 4.79 Å². The first-order chi connectivity index (χ1) is 6.31.